The van der Waals surface area contributed by atoms with Gasteiger partial charge < -0.3 is 9.15 Å². The molecule has 0 radical (unpaired) electrons. The lowest BCUT2D eigenvalue weighted by atomic mass is 10.1. The number of hydrogen-bond acceptors (Lipinski definition) is 5. The molecule has 0 fully saturated rings. The summed E-state index contributed by atoms with van der Waals surface area (Å²) in [6.45, 7) is 0. The second-order valence-electron chi connectivity index (χ2n) is 5.45. The van der Waals surface area contributed by atoms with Crippen molar-refractivity contribution < 1.29 is 18.7 Å². The average molecular weight is 474 g/mol. The molecular weight excluding hydrogens is 459 g/mol. The zero-order valence-electron chi connectivity index (χ0n) is 14.3. The van der Waals surface area contributed by atoms with Crippen molar-refractivity contribution in [3.63, 3.8) is 0 Å². The smallest absolute Gasteiger partial charge is 0.338 e. The lowest BCUT2D eigenvalue weighted by Crippen LogP contribution is -2.17. The predicted molar refractivity (Wildman–Crippen MR) is 110 cm³/mol. The number of esters is 1. The van der Waals surface area contributed by atoms with Crippen LogP contribution in [0.4, 0.5) is 0 Å². The largest absolute Gasteiger partial charge is 0.465 e. The second kappa shape index (κ2) is 8.63. The van der Waals surface area contributed by atoms with Gasteiger partial charge in [-0.2, -0.15) is 5.10 Å². The first kappa shape index (κ1) is 18.8. The van der Waals surface area contributed by atoms with Crippen molar-refractivity contribution >= 4 is 40.7 Å². The molecular formula is C20H15IN2O4. The molecule has 1 heterocycles. The van der Waals surface area contributed by atoms with Crippen molar-refractivity contribution in [2.24, 2.45) is 5.10 Å². The van der Waals surface area contributed by atoms with E-state index in [1.165, 1.54) is 13.3 Å². The third kappa shape index (κ3) is 4.62. The zero-order valence-corrected chi connectivity index (χ0v) is 16.5. The fraction of sp³-hybridized carbons (Fsp3) is 0.0500. The van der Waals surface area contributed by atoms with Crippen LogP contribution in [0.15, 0.2) is 70.2 Å². The summed E-state index contributed by atoms with van der Waals surface area (Å²) in [7, 11) is 1.33. The number of benzene rings is 2. The average Bonchev–Trinajstić information content (AvgIpc) is 3.16. The zero-order chi connectivity index (χ0) is 19.2. The molecule has 7 heteroatoms. The number of carbonyl (C=O) groups excluding carboxylic acids is 2. The van der Waals surface area contributed by atoms with Crippen molar-refractivity contribution in [2.75, 3.05) is 7.11 Å². The van der Waals surface area contributed by atoms with Crippen molar-refractivity contribution in [3.05, 3.63) is 81.1 Å². The maximum absolute atomic E-state index is 12.0. The Morgan fingerprint density at radius 2 is 1.81 bits per heavy atom. The summed E-state index contributed by atoms with van der Waals surface area (Å²) in [5.74, 6) is 0.182. The Hall–Kier alpha value is -2.94. The van der Waals surface area contributed by atoms with Gasteiger partial charge in [-0.05, 0) is 65.1 Å². The highest BCUT2D eigenvalue weighted by Crippen LogP contribution is 2.26. The van der Waals surface area contributed by atoms with Gasteiger partial charge in [0, 0.05) is 14.7 Å². The molecule has 3 aromatic rings. The summed E-state index contributed by atoms with van der Waals surface area (Å²) in [4.78, 5) is 23.9. The standard InChI is InChI=1S/C20H15IN2O4/c1-26-20(25)17-5-3-2-4-16(17)18-11-10-15(27-18)12-22-23-19(24)13-6-8-14(21)9-7-13/h2-12H,1H3,(H,23,24)/b22-12-. The van der Waals surface area contributed by atoms with Crippen LogP contribution < -0.4 is 5.43 Å². The summed E-state index contributed by atoms with van der Waals surface area (Å²) in [6, 6.07) is 17.5. The number of hydrogen-bond donors (Lipinski definition) is 1. The number of nitrogens with zero attached hydrogens (tertiary/aromatic N) is 1. The quantitative estimate of drug-likeness (QED) is 0.261. The summed E-state index contributed by atoms with van der Waals surface area (Å²) in [5.41, 5.74) is 3.99. The number of carbonyl (C=O) groups is 2. The Kier molecular flexibility index (Phi) is 6.02. The van der Waals surface area contributed by atoms with Crippen LogP contribution in [0, 0.1) is 3.57 Å². The summed E-state index contributed by atoms with van der Waals surface area (Å²) in [5, 5.41) is 3.91. The third-order valence-electron chi connectivity index (χ3n) is 3.69. The molecule has 0 atom stereocenters. The molecule has 2 aromatic carbocycles. The van der Waals surface area contributed by atoms with Crippen LogP contribution in [0.1, 0.15) is 26.5 Å². The molecule has 1 amide bonds. The predicted octanol–water partition coefficient (Wildman–Crippen LogP) is 4.10. The van der Waals surface area contributed by atoms with E-state index in [0.717, 1.165) is 3.57 Å². The van der Waals surface area contributed by atoms with Gasteiger partial charge in [-0.3, -0.25) is 4.79 Å². The number of ether oxygens (including phenoxy) is 1. The van der Waals surface area contributed by atoms with Crippen LogP contribution in [0.5, 0.6) is 0 Å². The molecule has 0 spiro atoms. The first-order valence-corrected chi connectivity index (χ1v) is 9.03. The minimum Gasteiger partial charge on any atom is -0.465 e. The molecule has 0 aliphatic carbocycles. The van der Waals surface area contributed by atoms with E-state index in [-0.39, 0.29) is 5.91 Å². The van der Waals surface area contributed by atoms with Crippen LogP contribution in [-0.2, 0) is 4.74 Å². The molecule has 0 aliphatic rings. The summed E-state index contributed by atoms with van der Waals surface area (Å²) in [6.07, 6.45) is 1.40. The molecule has 0 unspecified atom stereocenters. The number of rotatable bonds is 5. The molecule has 0 aliphatic heterocycles. The SMILES string of the molecule is COC(=O)c1ccccc1-c1ccc(/C=N\NC(=O)c2ccc(I)cc2)o1. The number of methoxy groups -OCH3 is 1. The van der Waals surface area contributed by atoms with Gasteiger partial charge in [0.1, 0.15) is 11.5 Å². The number of nitrogens with one attached hydrogen (secondary N) is 1. The van der Waals surface area contributed by atoms with Crippen LogP contribution in [0.2, 0.25) is 0 Å². The highest BCUT2D eigenvalue weighted by molar-refractivity contribution is 14.1. The van der Waals surface area contributed by atoms with Gasteiger partial charge in [0.25, 0.3) is 5.91 Å². The number of halogens is 1. The van der Waals surface area contributed by atoms with Gasteiger partial charge in [0.2, 0.25) is 0 Å². The van der Waals surface area contributed by atoms with Crippen LogP contribution in [0.25, 0.3) is 11.3 Å². The number of furan rings is 1. The molecule has 1 aromatic heterocycles. The molecule has 0 saturated carbocycles. The summed E-state index contributed by atoms with van der Waals surface area (Å²) >= 11 is 2.17. The lowest BCUT2D eigenvalue weighted by molar-refractivity contribution is 0.0601. The van der Waals surface area contributed by atoms with E-state index in [1.807, 2.05) is 12.1 Å². The first-order valence-electron chi connectivity index (χ1n) is 7.95. The lowest BCUT2D eigenvalue weighted by Gasteiger charge is -2.04. The van der Waals surface area contributed by atoms with E-state index < -0.39 is 5.97 Å². The van der Waals surface area contributed by atoms with E-state index in [2.05, 4.69) is 33.1 Å². The van der Waals surface area contributed by atoms with Crippen molar-refractivity contribution in [1.29, 1.82) is 0 Å². The third-order valence-corrected chi connectivity index (χ3v) is 4.41. The fourth-order valence-electron chi connectivity index (χ4n) is 2.37. The Bertz CT molecular complexity index is 993. The molecule has 3 rings (SSSR count). The molecule has 27 heavy (non-hydrogen) atoms. The van der Waals surface area contributed by atoms with Gasteiger partial charge in [-0.1, -0.05) is 18.2 Å². The van der Waals surface area contributed by atoms with Gasteiger partial charge in [-0.25, -0.2) is 10.2 Å². The van der Waals surface area contributed by atoms with Crippen molar-refractivity contribution in [3.8, 4) is 11.3 Å². The van der Waals surface area contributed by atoms with Gasteiger partial charge in [-0.15, -0.1) is 0 Å². The molecule has 1 N–H and O–H groups in total. The van der Waals surface area contributed by atoms with E-state index in [1.54, 1.807) is 48.5 Å². The van der Waals surface area contributed by atoms with Crippen LogP contribution in [0.3, 0.4) is 0 Å². The van der Waals surface area contributed by atoms with E-state index in [9.17, 15) is 9.59 Å². The molecule has 136 valence electrons. The number of amides is 1. The van der Waals surface area contributed by atoms with Gasteiger partial charge in [0.05, 0.1) is 18.9 Å². The fourth-order valence-corrected chi connectivity index (χ4v) is 2.73. The van der Waals surface area contributed by atoms with E-state index in [4.69, 9.17) is 9.15 Å². The minimum atomic E-state index is -0.443. The van der Waals surface area contributed by atoms with Gasteiger partial charge >= 0.3 is 5.97 Å². The first-order chi connectivity index (χ1) is 13.1. The highest BCUT2D eigenvalue weighted by Gasteiger charge is 2.15. The Balaban J connectivity index is 1.71. The van der Waals surface area contributed by atoms with Crippen LogP contribution in [-0.4, -0.2) is 25.2 Å². The van der Waals surface area contributed by atoms with Gasteiger partial charge in [0.15, 0.2) is 0 Å². The maximum Gasteiger partial charge on any atom is 0.338 e. The van der Waals surface area contributed by atoms with Crippen LogP contribution >= 0.6 is 22.6 Å². The topological polar surface area (TPSA) is 80.9 Å². The molecule has 6 nitrogen and oxygen atoms in total. The summed E-state index contributed by atoms with van der Waals surface area (Å²) < 4.78 is 11.5. The molecule has 0 saturated heterocycles. The highest BCUT2D eigenvalue weighted by atomic mass is 127. The monoisotopic (exact) mass is 474 g/mol. The Morgan fingerprint density at radius 1 is 1.07 bits per heavy atom. The molecule has 0 bridgehead atoms. The van der Waals surface area contributed by atoms with Crippen molar-refractivity contribution in [2.45, 2.75) is 0 Å². The normalized spacial score (nSPS) is 10.7. The van der Waals surface area contributed by atoms with Crippen molar-refractivity contribution in [1.82, 2.24) is 5.43 Å². The maximum atomic E-state index is 12.0. The second-order valence-corrected chi connectivity index (χ2v) is 6.69. The Morgan fingerprint density at radius 3 is 2.56 bits per heavy atom. The number of hydrazone groups is 1. The van der Waals surface area contributed by atoms with E-state index >= 15 is 0 Å². The Labute approximate surface area is 169 Å². The van der Waals surface area contributed by atoms with E-state index in [0.29, 0.717) is 28.2 Å². The minimum absolute atomic E-state index is 0.314.